The second kappa shape index (κ2) is 7.00. The lowest BCUT2D eigenvalue weighted by atomic mass is 9.97. The second-order valence-corrected chi connectivity index (χ2v) is 6.05. The molecule has 1 unspecified atom stereocenters. The average molecular weight is 319 g/mol. The summed E-state index contributed by atoms with van der Waals surface area (Å²) in [6.45, 7) is 2.64. The smallest absolute Gasteiger partial charge is 0.307 e. The van der Waals surface area contributed by atoms with Crippen molar-refractivity contribution in [3.8, 4) is 11.5 Å². The zero-order valence-electron chi connectivity index (χ0n) is 13.0. The maximum Gasteiger partial charge on any atom is 0.307 e. The van der Waals surface area contributed by atoms with E-state index >= 15 is 0 Å². The van der Waals surface area contributed by atoms with Gasteiger partial charge in [0.1, 0.15) is 0 Å². The Labute approximate surface area is 135 Å². The molecule has 0 saturated carbocycles. The molecule has 23 heavy (non-hydrogen) atoms. The summed E-state index contributed by atoms with van der Waals surface area (Å²) in [7, 11) is 0. The first-order valence-electron chi connectivity index (χ1n) is 8.01. The van der Waals surface area contributed by atoms with Gasteiger partial charge in [0.05, 0.1) is 25.7 Å². The normalized spacial score (nSPS) is 21.5. The van der Waals surface area contributed by atoms with Crippen molar-refractivity contribution in [2.45, 2.75) is 19.3 Å². The van der Waals surface area contributed by atoms with E-state index in [1.165, 1.54) is 0 Å². The lowest BCUT2D eigenvalue weighted by Gasteiger charge is -2.29. The minimum absolute atomic E-state index is 0.0216. The molecule has 1 aromatic rings. The first-order chi connectivity index (χ1) is 11.1. The molecule has 6 heteroatoms. The number of nitrogens with zero attached hydrogens (tertiary/aromatic N) is 1. The van der Waals surface area contributed by atoms with Gasteiger partial charge in [0.15, 0.2) is 17.3 Å². The van der Waals surface area contributed by atoms with Crippen LogP contribution in [0.25, 0.3) is 0 Å². The summed E-state index contributed by atoms with van der Waals surface area (Å²) in [5.41, 5.74) is 0.576. The number of piperidine rings is 1. The highest BCUT2D eigenvalue weighted by Crippen LogP contribution is 2.30. The summed E-state index contributed by atoms with van der Waals surface area (Å²) < 4.78 is 11.2. The number of fused-ring (bicyclic) bond motifs is 1. The van der Waals surface area contributed by atoms with Crippen molar-refractivity contribution in [1.29, 1.82) is 0 Å². The molecule has 0 aliphatic carbocycles. The lowest BCUT2D eigenvalue weighted by molar-refractivity contribution is -0.143. The highest BCUT2D eigenvalue weighted by atomic mass is 16.5. The van der Waals surface area contributed by atoms with E-state index in [1.54, 1.807) is 18.2 Å². The quantitative estimate of drug-likeness (QED) is 0.853. The zero-order chi connectivity index (χ0) is 16.2. The third-order valence-electron chi connectivity index (χ3n) is 4.29. The average Bonchev–Trinajstić information content (AvgIpc) is 2.79. The van der Waals surface area contributed by atoms with Crippen LogP contribution in [0, 0.1) is 5.92 Å². The number of carbonyl (C=O) groups is 2. The van der Waals surface area contributed by atoms with Crippen LogP contribution in [0.5, 0.6) is 11.5 Å². The maximum atomic E-state index is 12.5. The first kappa shape index (κ1) is 15.8. The van der Waals surface area contributed by atoms with Crippen LogP contribution in [0.4, 0.5) is 0 Å². The molecule has 1 aromatic carbocycles. The molecule has 1 N–H and O–H groups in total. The molecule has 0 radical (unpaired) electrons. The van der Waals surface area contributed by atoms with E-state index in [2.05, 4.69) is 0 Å². The minimum atomic E-state index is -0.780. The Kier molecular flexibility index (Phi) is 4.81. The van der Waals surface area contributed by atoms with Crippen LogP contribution in [0.1, 0.15) is 29.6 Å². The molecule has 0 bridgehead atoms. The fraction of sp³-hybridized carbons (Fsp3) is 0.529. The number of carboxylic acid groups (broad SMARTS) is 1. The fourth-order valence-electron chi connectivity index (χ4n) is 3.03. The summed E-state index contributed by atoms with van der Waals surface area (Å²) in [5, 5.41) is 9.12. The molecule has 2 heterocycles. The van der Waals surface area contributed by atoms with Gasteiger partial charge in [0.25, 0.3) is 0 Å². The Bertz CT molecular complexity index is 601. The molecule has 2 aliphatic rings. The standard InChI is InChI=1S/C17H21NO5/c19-14(11-18-6-1-3-13(10-18)17(20)21)12-4-5-15-16(9-12)23-8-2-7-22-15/h4-5,9,13H,1-3,6-8,10-11H2,(H,20,21). The van der Waals surface area contributed by atoms with Crippen LogP contribution in [0.15, 0.2) is 18.2 Å². The Morgan fingerprint density at radius 1 is 1.17 bits per heavy atom. The van der Waals surface area contributed by atoms with Gasteiger partial charge in [-0.25, -0.2) is 0 Å². The Morgan fingerprint density at radius 2 is 1.96 bits per heavy atom. The molecule has 6 nitrogen and oxygen atoms in total. The van der Waals surface area contributed by atoms with E-state index in [9.17, 15) is 9.59 Å². The largest absolute Gasteiger partial charge is 0.490 e. The number of benzene rings is 1. The molecule has 1 saturated heterocycles. The van der Waals surface area contributed by atoms with E-state index in [-0.39, 0.29) is 18.2 Å². The van der Waals surface area contributed by atoms with Crippen molar-refractivity contribution in [3.05, 3.63) is 23.8 Å². The number of carboxylic acids is 1. The predicted octanol–water partition coefficient (Wildman–Crippen LogP) is 1.83. The Morgan fingerprint density at radius 3 is 2.74 bits per heavy atom. The highest BCUT2D eigenvalue weighted by molar-refractivity contribution is 5.98. The van der Waals surface area contributed by atoms with Crippen molar-refractivity contribution < 1.29 is 24.2 Å². The molecule has 0 aromatic heterocycles. The fourth-order valence-corrected chi connectivity index (χ4v) is 3.03. The number of rotatable bonds is 4. The van der Waals surface area contributed by atoms with Gasteiger partial charge in [-0.15, -0.1) is 0 Å². The van der Waals surface area contributed by atoms with E-state index in [1.807, 2.05) is 4.90 Å². The topological polar surface area (TPSA) is 76.1 Å². The van der Waals surface area contributed by atoms with Gasteiger partial charge in [-0.05, 0) is 37.6 Å². The highest BCUT2D eigenvalue weighted by Gasteiger charge is 2.26. The maximum absolute atomic E-state index is 12.5. The molecule has 1 atom stereocenters. The van der Waals surface area contributed by atoms with Gasteiger partial charge in [0.2, 0.25) is 0 Å². The number of carbonyl (C=O) groups excluding carboxylic acids is 1. The minimum Gasteiger partial charge on any atom is -0.490 e. The summed E-state index contributed by atoms with van der Waals surface area (Å²) >= 11 is 0. The van der Waals surface area contributed by atoms with E-state index in [0.717, 1.165) is 19.4 Å². The molecular weight excluding hydrogens is 298 g/mol. The van der Waals surface area contributed by atoms with Crippen molar-refractivity contribution in [2.24, 2.45) is 5.92 Å². The number of ether oxygens (including phenoxy) is 2. The van der Waals surface area contributed by atoms with Crippen molar-refractivity contribution >= 4 is 11.8 Å². The SMILES string of the molecule is O=C(CN1CCCC(C(=O)O)C1)c1ccc2c(c1)OCCCO2. The van der Waals surface area contributed by atoms with Gasteiger partial charge in [-0.2, -0.15) is 0 Å². The zero-order valence-corrected chi connectivity index (χ0v) is 13.0. The number of hydrogen-bond acceptors (Lipinski definition) is 5. The number of likely N-dealkylation sites (tertiary alicyclic amines) is 1. The van der Waals surface area contributed by atoms with Crippen LogP contribution >= 0.6 is 0 Å². The Balaban J connectivity index is 1.66. The first-order valence-corrected chi connectivity index (χ1v) is 8.01. The van der Waals surface area contributed by atoms with E-state index in [0.29, 0.717) is 43.2 Å². The summed E-state index contributed by atoms with van der Waals surface area (Å²) in [5.74, 6) is 0.100. The summed E-state index contributed by atoms with van der Waals surface area (Å²) in [4.78, 5) is 25.5. The Hall–Kier alpha value is -2.08. The van der Waals surface area contributed by atoms with Crippen LogP contribution in [-0.2, 0) is 4.79 Å². The third kappa shape index (κ3) is 3.82. The van der Waals surface area contributed by atoms with Gasteiger partial charge in [-0.1, -0.05) is 0 Å². The predicted molar refractivity (Wildman–Crippen MR) is 83.2 cm³/mol. The molecular formula is C17H21NO5. The number of Topliss-reactive ketones (excluding diaryl/α,β-unsaturated/α-hetero) is 1. The van der Waals surface area contributed by atoms with Crippen LogP contribution in [-0.4, -0.2) is 54.6 Å². The van der Waals surface area contributed by atoms with Crippen molar-refractivity contribution in [3.63, 3.8) is 0 Å². The van der Waals surface area contributed by atoms with Gasteiger partial charge in [-0.3, -0.25) is 14.5 Å². The van der Waals surface area contributed by atoms with Crippen LogP contribution in [0.2, 0.25) is 0 Å². The number of hydrogen-bond donors (Lipinski definition) is 1. The van der Waals surface area contributed by atoms with Crippen LogP contribution in [0.3, 0.4) is 0 Å². The monoisotopic (exact) mass is 319 g/mol. The van der Waals surface area contributed by atoms with Gasteiger partial charge >= 0.3 is 5.97 Å². The summed E-state index contributed by atoms with van der Waals surface area (Å²) in [6, 6.07) is 5.24. The van der Waals surface area contributed by atoms with Gasteiger partial charge in [0, 0.05) is 18.5 Å². The molecule has 124 valence electrons. The molecule has 2 aliphatic heterocycles. The molecule has 3 rings (SSSR count). The third-order valence-corrected chi connectivity index (χ3v) is 4.29. The molecule has 0 amide bonds. The van der Waals surface area contributed by atoms with Gasteiger partial charge < -0.3 is 14.6 Å². The van der Waals surface area contributed by atoms with Crippen molar-refractivity contribution in [2.75, 3.05) is 32.8 Å². The number of ketones is 1. The second-order valence-electron chi connectivity index (χ2n) is 6.05. The van der Waals surface area contributed by atoms with Crippen molar-refractivity contribution in [1.82, 2.24) is 4.90 Å². The lowest BCUT2D eigenvalue weighted by Crippen LogP contribution is -2.41. The number of aliphatic carboxylic acids is 1. The molecule has 0 spiro atoms. The molecule has 1 fully saturated rings. The summed E-state index contributed by atoms with van der Waals surface area (Å²) in [6.07, 6.45) is 2.32. The van der Waals surface area contributed by atoms with E-state index < -0.39 is 5.97 Å². The van der Waals surface area contributed by atoms with E-state index in [4.69, 9.17) is 14.6 Å². The van der Waals surface area contributed by atoms with Crippen LogP contribution < -0.4 is 9.47 Å².